The summed E-state index contributed by atoms with van der Waals surface area (Å²) < 4.78 is 33.0. The van der Waals surface area contributed by atoms with Gasteiger partial charge in [-0.05, 0) is 24.6 Å². The van der Waals surface area contributed by atoms with Gasteiger partial charge in [-0.1, -0.05) is 6.07 Å². The van der Waals surface area contributed by atoms with Gasteiger partial charge in [0.05, 0.1) is 19.0 Å². The van der Waals surface area contributed by atoms with Crippen molar-refractivity contribution in [1.82, 2.24) is 14.5 Å². The molecule has 1 aromatic heterocycles. The Labute approximate surface area is 160 Å². The molecule has 0 spiro atoms. The maximum Gasteiger partial charge on any atom is 0.246 e. The van der Waals surface area contributed by atoms with Crippen LogP contribution in [0.3, 0.4) is 0 Å². The predicted molar refractivity (Wildman–Crippen MR) is 105 cm³/mol. The lowest BCUT2D eigenvalue weighted by atomic mass is 10.2. The summed E-state index contributed by atoms with van der Waals surface area (Å²) in [6.07, 6.45) is 1.70. The van der Waals surface area contributed by atoms with Crippen molar-refractivity contribution >= 4 is 21.5 Å². The summed E-state index contributed by atoms with van der Waals surface area (Å²) >= 11 is 0. The molecule has 8 nitrogen and oxygen atoms in total. The highest BCUT2D eigenvalue weighted by molar-refractivity contribution is 7.89. The number of aromatic nitrogens is 2. The van der Waals surface area contributed by atoms with Gasteiger partial charge < -0.3 is 14.5 Å². The van der Waals surface area contributed by atoms with E-state index >= 15 is 0 Å². The Morgan fingerprint density at radius 1 is 1.11 bits per heavy atom. The molecule has 146 valence electrons. The van der Waals surface area contributed by atoms with Crippen LogP contribution in [-0.4, -0.2) is 70.3 Å². The second-order valence-electron chi connectivity index (χ2n) is 6.71. The second kappa shape index (κ2) is 7.69. The van der Waals surface area contributed by atoms with E-state index in [0.29, 0.717) is 31.9 Å². The van der Waals surface area contributed by atoms with Crippen molar-refractivity contribution in [3.63, 3.8) is 0 Å². The number of hydrogen-bond donors (Lipinski definition) is 0. The number of anilines is 2. The molecule has 1 aliphatic rings. The zero-order valence-corrected chi connectivity index (χ0v) is 16.9. The molecular weight excluding hydrogens is 366 g/mol. The number of aryl methyl sites for hydroxylation is 1. The molecule has 3 rings (SSSR count). The number of nitrogens with zero attached hydrogens (tertiary/aromatic N) is 5. The quantitative estimate of drug-likeness (QED) is 0.762. The lowest BCUT2D eigenvalue weighted by Gasteiger charge is -2.34. The first-order chi connectivity index (χ1) is 12.8. The van der Waals surface area contributed by atoms with E-state index in [1.807, 2.05) is 38.1 Å². The van der Waals surface area contributed by atoms with Crippen LogP contribution in [0.15, 0.2) is 35.4 Å². The zero-order chi connectivity index (χ0) is 19.6. The van der Waals surface area contributed by atoms with Crippen LogP contribution in [0.25, 0.3) is 0 Å². The number of benzene rings is 1. The van der Waals surface area contributed by atoms with E-state index in [0.717, 1.165) is 17.1 Å². The second-order valence-corrected chi connectivity index (χ2v) is 8.62. The van der Waals surface area contributed by atoms with Crippen molar-refractivity contribution in [2.45, 2.75) is 11.8 Å². The maximum absolute atomic E-state index is 13.1. The summed E-state index contributed by atoms with van der Waals surface area (Å²) in [7, 11) is 1.76. The molecule has 1 saturated heterocycles. The van der Waals surface area contributed by atoms with E-state index in [2.05, 4.69) is 15.1 Å². The smallest absolute Gasteiger partial charge is 0.246 e. The van der Waals surface area contributed by atoms with Crippen LogP contribution in [0.2, 0.25) is 0 Å². The van der Waals surface area contributed by atoms with Gasteiger partial charge in [-0.2, -0.15) is 9.40 Å². The molecular formula is C18H25N5O3S. The molecule has 2 heterocycles. The fourth-order valence-electron chi connectivity index (χ4n) is 3.03. The summed E-state index contributed by atoms with van der Waals surface area (Å²) in [6.45, 7) is 3.74. The summed E-state index contributed by atoms with van der Waals surface area (Å²) in [4.78, 5) is 4.23. The average Bonchev–Trinajstić information content (AvgIpc) is 2.68. The van der Waals surface area contributed by atoms with Gasteiger partial charge in [0.25, 0.3) is 0 Å². The van der Waals surface area contributed by atoms with Crippen LogP contribution < -0.4 is 14.5 Å². The summed E-state index contributed by atoms with van der Waals surface area (Å²) in [6, 6.07) is 7.15. The molecule has 9 heteroatoms. The van der Waals surface area contributed by atoms with Gasteiger partial charge in [-0.15, -0.1) is 5.10 Å². The molecule has 0 atom stereocenters. The number of hydrogen-bond acceptors (Lipinski definition) is 7. The standard InChI is InChI=1S/C18H25N5O3S/c1-14-5-6-16(26-4)17(11-14)27(24,25)23-9-7-22(8-10-23)18-12-15(21(2)3)13-19-20-18/h5-6,11-13H,7-10H2,1-4H3. The Kier molecular flexibility index (Phi) is 5.52. The van der Waals surface area contributed by atoms with Crippen LogP contribution in [0.5, 0.6) is 5.75 Å². The third kappa shape index (κ3) is 3.98. The first-order valence-electron chi connectivity index (χ1n) is 8.72. The predicted octanol–water partition coefficient (Wildman–Crippen LogP) is 1.37. The largest absolute Gasteiger partial charge is 0.495 e. The average molecular weight is 391 g/mol. The van der Waals surface area contributed by atoms with E-state index in [4.69, 9.17) is 4.74 Å². The van der Waals surface area contributed by atoms with Crippen LogP contribution in [0.4, 0.5) is 11.5 Å². The molecule has 0 bridgehead atoms. The van der Waals surface area contributed by atoms with Gasteiger partial charge in [0, 0.05) is 46.3 Å². The van der Waals surface area contributed by atoms with Crippen molar-refractivity contribution in [3.8, 4) is 5.75 Å². The van der Waals surface area contributed by atoms with Crippen molar-refractivity contribution < 1.29 is 13.2 Å². The number of sulfonamides is 1. The van der Waals surface area contributed by atoms with Gasteiger partial charge in [0.15, 0.2) is 5.82 Å². The monoisotopic (exact) mass is 391 g/mol. The van der Waals surface area contributed by atoms with Gasteiger partial charge >= 0.3 is 0 Å². The highest BCUT2D eigenvalue weighted by Crippen LogP contribution is 2.29. The minimum Gasteiger partial charge on any atom is -0.495 e. The van der Waals surface area contributed by atoms with Gasteiger partial charge in [-0.25, -0.2) is 8.42 Å². The maximum atomic E-state index is 13.1. The van der Waals surface area contributed by atoms with E-state index in [-0.39, 0.29) is 4.90 Å². The Bertz CT molecular complexity index is 909. The lowest BCUT2D eigenvalue weighted by Crippen LogP contribution is -2.49. The van der Waals surface area contributed by atoms with Gasteiger partial charge in [0.1, 0.15) is 10.6 Å². The Morgan fingerprint density at radius 3 is 2.44 bits per heavy atom. The summed E-state index contributed by atoms with van der Waals surface area (Å²) in [5.41, 5.74) is 1.84. The van der Waals surface area contributed by atoms with Crippen molar-refractivity contribution in [3.05, 3.63) is 36.0 Å². The Morgan fingerprint density at radius 2 is 1.81 bits per heavy atom. The van der Waals surface area contributed by atoms with E-state index in [1.54, 1.807) is 18.3 Å². The van der Waals surface area contributed by atoms with E-state index in [1.165, 1.54) is 11.4 Å². The van der Waals surface area contributed by atoms with E-state index in [9.17, 15) is 8.42 Å². The van der Waals surface area contributed by atoms with Crippen molar-refractivity contribution in [2.24, 2.45) is 0 Å². The highest BCUT2D eigenvalue weighted by atomic mass is 32.2. The molecule has 0 unspecified atom stereocenters. The molecule has 1 aliphatic heterocycles. The molecule has 1 aromatic carbocycles. The minimum absolute atomic E-state index is 0.216. The molecule has 0 saturated carbocycles. The summed E-state index contributed by atoms with van der Waals surface area (Å²) in [5.74, 6) is 1.12. The van der Waals surface area contributed by atoms with Crippen molar-refractivity contribution in [2.75, 3.05) is 57.2 Å². The number of piperazine rings is 1. The van der Waals surface area contributed by atoms with Crippen LogP contribution >= 0.6 is 0 Å². The van der Waals surface area contributed by atoms with Crippen LogP contribution in [0, 0.1) is 6.92 Å². The fourth-order valence-corrected chi connectivity index (χ4v) is 4.69. The highest BCUT2D eigenvalue weighted by Gasteiger charge is 2.31. The fraction of sp³-hybridized carbons (Fsp3) is 0.444. The zero-order valence-electron chi connectivity index (χ0n) is 16.1. The van der Waals surface area contributed by atoms with Crippen LogP contribution in [0.1, 0.15) is 5.56 Å². The molecule has 2 aromatic rings. The molecule has 0 N–H and O–H groups in total. The number of methoxy groups -OCH3 is 1. The van der Waals surface area contributed by atoms with Gasteiger partial charge in [-0.3, -0.25) is 0 Å². The molecule has 27 heavy (non-hydrogen) atoms. The molecule has 0 aliphatic carbocycles. The molecule has 0 amide bonds. The summed E-state index contributed by atoms with van der Waals surface area (Å²) in [5, 5.41) is 8.24. The van der Waals surface area contributed by atoms with Crippen molar-refractivity contribution in [1.29, 1.82) is 0 Å². The first kappa shape index (κ1) is 19.4. The lowest BCUT2D eigenvalue weighted by molar-refractivity contribution is 0.373. The third-order valence-corrected chi connectivity index (χ3v) is 6.56. The topological polar surface area (TPSA) is 78.9 Å². The number of rotatable bonds is 5. The molecule has 0 radical (unpaired) electrons. The molecule has 1 fully saturated rings. The number of ether oxygens (including phenoxy) is 1. The normalized spacial score (nSPS) is 15.6. The first-order valence-corrected chi connectivity index (χ1v) is 10.2. The Hall–Kier alpha value is -2.39. The SMILES string of the molecule is COc1ccc(C)cc1S(=O)(=O)N1CCN(c2cc(N(C)C)cnn2)CC1. The third-order valence-electron chi connectivity index (χ3n) is 4.64. The van der Waals surface area contributed by atoms with Crippen LogP contribution in [-0.2, 0) is 10.0 Å². The minimum atomic E-state index is -3.62. The Balaban J connectivity index is 1.77. The van der Waals surface area contributed by atoms with E-state index < -0.39 is 10.0 Å². The van der Waals surface area contributed by atoms with Gasteiger partial charge in [0.2, 0.25) is 10.0 Å².